The Morgan fingerprint density at radius 1 is 1.14 bits per heavy atom. The maximum absolute atomic E-state index is 13.8. The van der Waals surface area contributed by atoms with Gasteiger partial charge < -0.3 is 20.6 Å². The molecule has 1 saturated heterocycles. The first-order valence-corrected chi connectivity index (χ1v) is 17.0. The van der Waals surface area contributed by atoms with E-state index in [0.717, 1.165) is 48.2 Å². The Morgan fingerprint density at radius 3 is 2.57 bits per heavy atom. The monoisotopic (exact) mass is 596 g/mol. The molecule has 42 heavy (non-hydrogen) atoms. The van der Waals surface area contributed by atoms with Crippen LogP contribution in [0.3, 0.4) is 0 Å². The summed E-state index contributed by atoms with van der Waals surface area (Å²) in [6.07, 6.45) is 10.6. The van der Waals surface area contributed by atoms with Crippen LogP contribution in [0.5, 0.6) is 0 Å². The van der Waals surface area contributed by atoms with Crippen molar-refractivity contribution in [3.05, 3.63) is 46.3 Å². The van der Waals surface area contributed by atoms with E-state index >= 15 is 0 Å². The van der Waals surface area contributed by atoms with E-state index in [0.29, 0.717) is 29.7 Å². The molecule has 234 valence electrons. The first-order chi connectivity index (χ1) is 19.6. The summed E-state index contributed by atoms with van der Waals surface area (Å²) in [4.78, 5) is 20.8. The Hall–Kier alpha value is -1.99. The highest BCUT2D eigenvalue weighted by atomic mass is 32.2. The number of carbonyl (C=O) groups is 1. The third-order valence-electron chi connectivity index (χ3n) is 10.6. The fourth-order valence-corrected chi connectivity index (χ4v) is 8.34. The van der Waals surface area contributed by atoms with Crippen molar-refractivity contribution < 1.29 is 9.90 Å². The highest BCUT2D eigenvalue weighted by Crippen LogP contribution is 2.49. The number of rotatable bonds is 6. The lowest BCUT2D eigenvalue weighted by Crippen LogP contribution is -2.56. The van der Waals surface area contributed by atoms with Crippen LogP contribution in [0.15, 0.2) is 51.3 Å². The number of hydrogen-bond donors (Lipinski definition) is 3. The number of hydrogen-bond acceptors (Lipinski definition) is 6. The zero-order chi connectivity index (χ0) is 31.0. The second kappa shape index (κ2) is 12.9. The van der Waals surface area contributed by atoms with Crippen LogP contribution in [-0.4, -0.2) is 45.8 Å². The molecule has 1 saturated carbocycles. The summed E-state index contributed by atoms with van der Waals surface area (Å²) in [5, 5.41) is 21.1. The standard InChI is InChI=1S/C35H56N4O2S/c1-21-11-12-30(39(20-21)33(41)31(40)38-29-15-22(2)25(5)37-26(29)6)24(4)27-13-14-42-32(36-19-27)28-17-34(7,8)16-23(3)35(9,10)18-28/h13-15,19,21,23-24,26,28,30-31,37-38,40H,11-12,16-18,20H2,1-10H3/t21?,23?,24-,26?,28?,30?,31+/m0/s1. The van der Waals surface area contributed by atoms with Crippen molar-refractivity contribution in [2.45, 2.75) is 120 Å². The van der Waals surface area contributed by atoms with Gasteiger partial charge >= 0.3 is 0 Å². The summed E-state index contributed by atoms with van der Waals surface area (Å²) < 4.78 is 0. The molecule has 0 aromatic rings. The zero-order valence-electron chi connectivity index (χ0n) is 27.8. The predicted molar refractivity (Wildman–Crippen MR) is 178 cm³/mol. The fourth-order valence-electron chi connectivity index (χ4n) is 7.50. The quantitative estimate of drug-likeness (QED) is 0.221. The van der Waals surface area contributed by atoms with Gasteiger partial charge in [0, 0.05) is 42.0 Å². The smallest absolute Gasteiger partial charge is 0.272 e. The van der Waals surface area contributed by atoms with Crippen molar-refractivity contribution >= 4 is 22.7 Å². The Balaban J connectivity index is 1.52. The van der Waals surface area contributed by atoms with E-state index in [1.807, 2.05) is 31.7 Å². The third-order valence-corrected chi connectivity index (χ3v) is 11.5. The molecule has 1 aliphatic carbocycles. The molecule has 7 atom stereocenters. The Bertz CT molecular complexity index is 1180. The van der Waals surface area contributed by atoms with Gasteiger partial charge in [-0.1, -0.05) is 66.3 Å². The molecule has 4 rings (SSSR count). The molecule has 0 radical (unpaired) electrons. The molecule has 3 heterocycles. The van der Waals surface area contributed by atoms with E-state index in [1.165, 1.54) is 11.5 Å². The van der Waals surface area contributed by atoms with Crippen LogP contribution in [-0.2, 0) is 4.79 Å². The summed E-state index contributed by atoms with van der Waals surface area (Å²) in [6.45, 7) is 23.3. The summed E-state index contributed by atoms with van der Waals surface area (Å²) in [5.74, 6) is 1.39. The van der Waals surface area contributed by atoms with Crippen LogP contribution >= 0.6 is 11.8 Å². The predicted octanol–water partition coefficient (Wildman–Crippen LogP) is 7.36. The minimum atomic E-state index is -1.28. The molecule has 4 aliphatic rings. The number of aliphatic hydroxyl groups excluding tert-OH is 1. The van der Waals surface area contributed by atoms with Crippen molar-refractivity contribution in [3.8, 4) is 0 Å². The summed E-state index contributed by atoms with van der Waals surface area (Å²) in [6, 6.07) is 0.0176. The number of dihydropyridines is 1. The number of aliphatic hydroxyl groups is 1. The molecule has 2 fully saturated rings. The summed E-state index contributed by atoms with van der Waals surface area (Å²) in [5.41, 5.74) is 4.77. The molecule has 0 aromatic carbocycles. The Kier molecular flexibility index (Phi) is 10.1. The summed E-state index contributed by atoms with van der Waals surface area (Å²) in [7, 11) is 0. The molecule has 6 nitrogen and oxygen atoms in total. The van der Waals surface area contributed by atoms with E-state index in [4.69, 9.17) is 4.99 Å². The largest absolute Gasteiger partial charge is 0.380 e. The summed E-state index contributed by atoms with van der Waals surface area (Å²) >= 11 is 1.77. The highest BCUT2D eigenvalue weighted by Gasteiger charge is 2.41. The fraction of sp³-hybridized carbons (Fsp3) is 0.714. The van der Waals surface area contributed by atoms with Gasteiger partial charge in [-0.25, -0.2) is 0 Å². The van der Waals surface area contributed by atoms with Crippen molar-refractivity contribution in [2.24, 2.45) is 39.5 Å². The van der Waals surface area contributed by atoms with Gasteiger partial charge in [0.15, 0.2) is 0 Å². The molecule has 3 N–H and O–H groups in total. The van der Waals surface area contributed by atoms with E-state index in [1.54, 1.807) is 11.8 Å². The average Bonchev–Trinajstić information content (AvgIpc) is 3.20. The number of amides is 1. The molecule has 7 heteroatoms. The van der Waals surface area contributed by atoms with Crippen LogP contribution in [0, 0.1) is 34.5 Å². The molecule has 0 aromatic heterocycles. The number of nitrogens with zero attached hydrogens (tertiary/aromatic N) is 2. The van der Waals surface area contributed by atoms with Gasteiger partial charge in [0.1, 0.15) is 0 Å². The molecule has 0 spiro atoms. The highest BCUT2D eigenvalue weighted by molar-refractivity contribution is 8.16. The minimum Gasteiger partial charge on any atom is -0.380 e. The van der Waals surface area contributed by atoms with Crippen molar-refractivity contribution in [1.29, 1.82) is 0 Å². The number of allylic oxidation sites excluding steroid dienone is 4. The van der Waals surface area contributed by atoms with Crippen molar-refractivity contribution in [1.82, 2.24) is 15.5 Å². The lowest BCUT2D eigenvalue weighted by molar-refractivity contribution is -0.147. The number of piperidine rings is 1. The van der Waals surface area contributed by atoms with Crippen LogP contribution in [0.25, 0.3) is 0 Å². The van der Waals surface area contributed by atoms with Crippen LogP contribution < -0.4 is 10.6 Å². The number of likely N-dealkylation sites (tertiary alicyclic amines) is 1. The molecular weight excluding hydrogens is 540 g/mol. The molecule has 0 bridgehead atoms. The molecular formula is C35H56N4O2S. The first kappa shape index (κ1) is 32.9. The minimum absolute atomic E-state index is 0.00446. The van der Waals surface area contributed by atoms with E-state index in [2.05, 4.69) is 76.8 Å². The molecule has 1 amide bonds. The van der Waals surface area contributed by atoms with Crippen molar-refractivity contribution in [2.75, 3.05) is 6.54 Å². The van der Waals surface area contributed by atoms with Crippen LogP contribution in [0.4, 0.5) is 0 Å². The van der Waals surface area contributed by atoms with Gasteiger partial charge in [-0.3, -0.25) is 9.79 Å². The Morgan fingerprint density at radius 2 is 1.86 bits per heavy atom. The number of carbonyl (C=O) groups excluding carboxylic acids is 1. The Labute approximate surface area is 259 Å². The van der Waals surface area contributed by atoms with Gasteiger partial charge in [0.25, 0.3) is 5.91 Å². The van der Waals surface area contributed by atoms with Gasteiger partial charge in [-0.15, -0.1) is 0 Å². The average molecular weight is 597 g/mol. The van der Waals surface area contributed by atoms with E-state index < -0.39 is 6.23 Å². The van der Waals surface area contributed by atoms with E-state index in [-0.39, 0.29) is 29.3 Å². The van der Waals surface area contributed by atoms with E-state index in [9.17, 15) is 9.90 Å². The SMILES string of the molecule is CC1=C(C)NC(C)C(N[C@H](O)C(=O)N2CC(C)CCC2[C@@H](C)C2=CN=C(C3CC(C)(C)CC(C)C(C)(C)C3)SC=C2)=C1. The third kappa shape index (κ3) is 7.56. The second-order valence-corrected chi connectivity index (χ2v) is 16.2. The lowest BCUT2D eigenvalue weighted by atomic mass is 9.73. The zero-order valence-corrected chi connectivity index (χ0v) is 28.6. The topological polar surface area (TPSA) is 77.0 Å². The number of aliphatic imine (C=N–C) groups is 1. The number of nitrogens with one attached hydrogen (secondary N) is 2. The van der Waals surface area contributed by atoms with Crippen molar-refractivity contribution in [3.63, 3.8) is 0 Å². The second-order valence-electron chi connectivity index (χ2n) is 15.2. The van der Waals surface area contributed by atoms with Gasteiger partial charge in [0.2, 0.25) is 6.23 Å². The first-order valence-electron chi connectivity index (χ1n) is 16.1. The van der Waals surface area contributed by atoms with Gasteiger partial charge in [-0.2, -0.15) is 0 Å². The normalized spacial score (nSPS) is 32.9. The molecule has 3 aliphatic heterocycles. The van der Waals surface area contributed by atoms with Gasteiger partial charge in [0.05, 0.1) is 11.1 Å². The van der Waals surface area contributed by atoms with Crippen LogP contribution in [0.1, 0.15) is 101 Å². The van der Waals surface area contributed by atoms with Crippen LogP contribution in [0.2, 0.25) is 0 Å². The maximum atomic E-state index is 13.8. The number of thioether (sulfide) groups is 1. The lowest BCUT2D eigenvalue weighted by Gasteiger charge is -2.43. The van der Waals surface area contributed by atoms with Gasteiger partial charge in [-0.05, 0) is 98.2 Å². The maximum Gasteiger partial charge on any atom is 0.272 e. The molecule has 5 unspecified atom stereocenters.